The maximum absolute atomic E-state index is 12.9. The van der Waals surface area contributed by atoms with Gasteiger partial charge in [-0.15, -0.1) is 0 Å². The zero-order valence-electron chi connectivity index (χ0n) is 16.1. The second kappa shape index (κ2) is 7.54. The van der Waals surface area contributed by atoms with Gasteiger partial charge in [0.25, 0.3) is 0 Å². The molecule has 0 unspecified atom stereocenters. The van der Waals surface area contributed by atoms with E-state index in [1.807, 2.05) is 49.4 Å². The van der Waals surface area contributed by atoms with Crippen LogP contribution in [0.3, 0.4) is 0 Å². The highest BCUT2D eigenvalue weighted by Gasteiger charge is 2.37. The summed E-state index contributed by atoms with van der Waals surface area (Å²) in [6.07, 6.45) is 0.923. The minimum absolute atomic E-state index is 0.0589. The van der Waals surface area contributed by atoms with Crippen LogP contribution in [0.5, 0.6) is 11.5 Å². The number of methoxy groups -OCH3 is 1. The number of amides is 2. The van der Waals surface area contributed by atoms with Gasteiger partial charge in [0.05, 0.1) is 31.4 Å². The van der Waals surface area contributed by atoms with Crippen molar-refractivity contribution in [3.05, 3.63) is 53.6 Å². The molecule has 2 aliphatic heterocycles. The normalized spacial score (nSPS) is 21.1. The van der Waals surface area contributed by atoms with Gasteiger partial charge in [-0.2, -0.15) is 0 Å². The number of carbonyl (C=O) groups is 2. The summed E-state index contributed by atoms with van der Waals surface area (Å²) in [6.45, 7) is 2.89. The summed E-state index contributed by atoms with van der Waals surface area (Å²) in [4.78, 5) is 27.2. The summed E-state index contributed by atoms with van der Waals surface area (Å²) in [7, 11) is 1.58. The minimum Gasteiger partial charge on any atom is -0.495 e. The molecule has 1 fully saturated rings. The number of carbonyl (C=O) groups excluding carboxylic acids is 2. The van der Waals surface area contributed by atoms with E-state index >= 15 is 0 Å². The van der Waals surface area contributed by atoms with Crippen molar-refractivity contribution in [3.63, 3.8) is 0 Å². The molecule has 6 heteroatoms. The Labute approximate surface area is 164 Å². The molecule has 0 spiro atoms. The van der Waals surface area contributed by atoms with E-state index in [9.17, 15) is 9.59 Å². The van der Waals surface area contributed by atoms with Crippen LogP contribution in [0, 0.1) is 12.8 Å². The van der Waals surface area contributed by atoms with Crippen molar-refractivity contribution in [2.75, 3.05) is 25.2 Å². The Hall–Kier alpha value is -3.02. The number of aryl methyl sites for hydroxylation is 1. The molecular weight excluding hydrogens is 356 g/mol. The maximum atomic E-state index is 12.9. The number of hydrogen-bond acceptors (Lipinski definition) is 4. The van der Waals surface area contributed by atoms with Gasteiger partial charge in [-0.05, 0) is 30.7 Å². The summed E-state index contributed by atoms with van der Waals surface area (Å²) in [5, 5.41) is 3.12. The lowest BCUT2D eigenvalue weighted by molar-refractivity contribution is -0.127. The van der Waals surface area contributed by atoms with Gasteiger partial charge in [0.1, 0.15) is 11.5 Å². The highest BCUT2D eigenvalue weighted by Crippen LogP contribution is 2.35. The average molecular weight is 380 g/mol. The van der Waals surface area contributed by atoms with E-state index in [4.69, 9.17) is 9.47 Å². The Kier molecular flexibility index (Phi) is 4.94. The Bertz CT molecular complexity index is 911. The van der Waals surface area contributed by atoms with Gasteiger partial charge in [-0.3, -0.25) is 9.59 Å². The lowest BCUT2D eigenvalue weighted by Crippen LogP contribution is -2.37. The molecule has 146 valence electrons. The SMILES string of the molecule is COc1ccc(C)cc1N1C[C@H](C(=O)N[C@H]2CCOc3ccccc32)CC1=O. The van der Waals surface area contributed by atoms with Crippen molar-refractivity contribution in [3.8, 4) is 11.5 Å². The maximum Gasteiger partial charge on any atom is 0.227 e. The number of benzene rings is 2. The van der Waals surface area contributed by atoms with Crippen LogP contribution in [-0.4, -0.2) is 32.1 Å². The first-order chi connectivity index (χ1) is 13.6. The van der Waals surface area contributed by atoms with Crippen LogP contribution in [0.25, 0.3) is 0 Å². The molecule has 28 heavy (non-hydrogen) atoms. The number of ether oxygens (including phenoxy) is 2. The van der Waals surface area contributed by atoms with E-state index in [0.29, 0.717) is 18.9 Å². The number of para-hydroxylation sites is 1. The topological polar surface area (TPSA) is 67.9 Å². The third kappa shape index (κ3) is 3.42. The van der Waals surface area contributed by atoms with Crippen LogP contribution in [0.4, 0.5) is 5.69 Å². The molecule has 2 aromatic carbocycles. The third-order valence-electron chi connectivity index (χ3n) is 5.40. The van der Waals surface area contributed by atoms with E-state index in [2.05, 4.69) is 5.32 Å². The molecule has 2 amide bonds. The second-order valence-electron chi connectivity index (χ2n) is 7.32. The van der Waals surface area contributed by atoms with E-state index in [1.54, 1.807) is 12.0 Å². The van der Waals surface area contributed by atoms with Gasteiger partial charge < -0.3 is 19.7 Å². The Morgan fingerprint density at radius 2 is 2.07 bits per heavy atom. The summed E-state index contributed by atoms with van der Waals surface area (Å²) < 4.78 is 11.1. The van der Waals surface area contributed by atoms with E-state index < -0.39 is 0 Å². The predicted molar refractivity (Wildman–Crippen MR) is 106 cm³/mol. The highest BCUT2D eigenvalue weighted by molar-refractivity contribution is 6.01. The lowest BCUT2D eigenvalue weighted by Gasteiger charge is -2.27. The summed E-state index contributed by atoms with van der Waals surface area (Å²) in [5.74, 6) is 0.916. The van der Waals surface area contributed by atoms with Gasteiger partial charge in [-0.1, -0.05) is 24.3 Å². The van der Waals surface area contributed by atoms with Crippen molar-refractivity contribution in [2.45, 2.75) is 25.8 Å². The molecule has 0 bridgehead atoms. The van der Waals surface area contributed by atoms with Crippen molar-refractivity contribution < 1.29 is 19.1 Å². The Morgan fingerprint density at radius 3 is 2.89 bits per heavy atom. The smallest absolute Gasteiger partial charge is 0.227 e. The molecule has 2 heterocycles. The molecule has 0 radical (unpaired) electrons. The van der Waals surface area contributed by atoms with E-state index in [1.165, 1.54) is 0 Å². The van der Waals surface area contributed by atoms with Crippen molar-refractivity contribution in [1.29, 1.82) is 0 Å². The second-order valence-corrected chi connectivity index (χ2v) is 7.32. The number of nitrogens with zero attached hydrogens (tertiary/aromatic N) is 1. The predicted octanol–water partition coefficient (Wildman–Crippen LogP) is 3.00. The van der Waals surface area contributed by atoms with Gasteiger partial charge in [-0.25, -0.2) is 0 Å². The highest BCUT2D eigenvalue weighted by atomic mass is 16.5. The van der Waals surface area contributed by atoms with Crippen LogP contribution in [0.2, 0.25) is 0 Å². The molecule has 0 aliphatic carbocycles. The Morgan fingerprint density at radius 1 is 1.25 bits per heavy atom. The summed E-state index contributed by atoms with van der Waals surface area (Å²) in [6, 6.07) is 13.4. The molecule has 6 nitrogen and oxygen atoms in total. The summed E-state index contributed by atoms with van der Waals surface area (Å²) >= 11 is 0. The van der Waals surface area contributed by atoms with Gasteiger partial charge in [0, 0.05) is 24.9 Å². The van der Waals surface area contributed by atoms with Gasteiger partial charge in [0.15, 0.2) is 0 Å². The van der Waals surface area contributed by atoms with Crippen LogP contribution in [0.1, 0.15) is 30.0 Å². The molecule has 2 aliphatic rings. The zero-order valence-corrected chi connectivity index (χ0v) is 16.1. The zero-order chi connectivity index (χ0) is 19.7. The molecule has 0 saturated carbocycles. The lowest BCUT2D eigenvalue weighted by atomic mass is 9.99. The third-order valence-corrected chi connectivity index (χ3v) is 5.40. The summed E-state index contributed by atoms with van der Waals surface area (Å²) in [5.41, 5.74) is 2.75. The number of nitrogens with one attached hydrogen (secondary N) is 1. The fraction of sp³-hybridized carbons (Fsp3) is 0.364. The number of hydrogen-bond donors (Lipinski definition) is 1. The Balaban J connectivity index is 1.49. The largest absolute Gasteiger partial charge is 0.495 e. The fourth-order valence-corrected chi connectivity index (χ4v) is 3.91. The molecule has 2 atom stereocenters. The number of anilines is 1. The standard InChI is InChI=1S/C22H24N2O4/c1-14-7-8-20(27-2)18(11-14)24-13-15(12-21(24)25)22(26)23-17-9-10-28-19-6-4-3-5-16(17)19/h3-8,11,15,17H,9-10,12-13H2,1-2H3,(H,23,26)/t15-,17+/m1/s1. The molecule has 1 saturated heterocycles. The molecule has 0 aromatic heterocycles. The first kappa shape index (κ1) is 18.3. The minimum atomic E-state index is -0.382. The molecule has 1 N–H and O–H groups in total. The monoisotopic (exact) mass is 380 g/mol. The van der Waals surface area contributed by atoms with Crippen LogP contribution < -0.4 is 19.7 Å². The van der Waals surface area contributed by atoms with Crippen LogP contribution >= 0.6 is 0 Å². The van der Waals surface area contributed by atoms with Crippen LogP contribution in [0.15, 0.2) is 42.5 Å². The van der Waals surface area contributed by atoms with E-state index in [-0.39, 0.29) is 30.2 Å². The molecule has 4 rings (SSSR count). The quantitative estimate of drug-likeness (QED) is 0.885. The average Bonchev–Trinajstić information content (AvgIpc) is 3.10. The number of rotatable bonds is 4. The van der Waals surface area contributed by atoms with Crippen molar-refractivity contribution in [2.24, 2.45) is 5.92 Å². The van der Waals surface area contributed by atoms with Crippen molar-refractivity contribution >= 4 is 17.5 Å². The van der Waals surface area contributed by atoms with Crippen molar-refractivity contribution in [1.82, 2.24) is 5.32 Å². The number of fused-ring (bicyclic) bond motifs is 1. The fourth-order valence-electron chi connectivity index (χ4n) is 3.91. The first-order valence-electron chi connectivity index (χ1n) is 9.54. The molecule has 2 aromatic rings. The van der Waals surface area contributed by atoms with Crippen LogP contribution in [-0.2, 0) is 9.59 Å². The molecular formula is C22H24N2O4. The van der Waals surface area contributed by atoms with E-state index in [0.717, 1.165) is 29.0 Å². The van der Waals surface area contributed by atoms with Gasteiger partial charge >= 0.3 is 0 Å². The first-order valence-corrected chi connectivity index (χ1v) is 9.54. The van der Waals surface area contributed by atoms with Gasteiger partial charge in [0.2, 0.25) is 11.8 Å².